The van der Waals surface area contributed by atoms with Crippen LogP contribution in [0.2, 0.25) is 0 Å². The van der Waals surface area contributed by atoms with Gasteiger partial charge in [0.25, 0.3) is 0 Å². The van der Waals surface area contributed by atoms with Gasteiger partial charge in [0.05, 0.1) is 12.4 Å². The molecule has 0 bridgehead atoms. The van der Waals surface area contributed by atoms with Crippen molar-refractivity contribution in [1.29, 1.82) is 0 Å². The van der Waals surface area contributed by atoms with E-state index in [-0.39, 0.29) is 5.75 Å². The van der Waals surface area contributed by atoms with Crippen LogP contribution in [0.1, 0.15) is 25.7 Å². The largest absolute Gasteiger partial charge is 0.507 e. The molecule has 132 valence electrons. The molecule has 0 radical (unpaired) electrons. The van der Waals surface area contributed by atoms with Gasteiger partial charge in [0.15, 0.2) is 0 Å². The maximum Gasteiger partial charge on any atom is 0.245 e. The second kappa shape index (κ2) is 6.09. The number of aromatic amines is 1. The quantitative estimate of drug-likeness (QED) is 0.756. The highest BCUT2D eigenvalue weighted by Crippen LogP contribution is 2.39. The first-order valence-electron chi connectivity index (χ1n) is 9.08. The second-order valence-electron chi connectivity index (χ2n) is 7.10. The Balaban J connectivity index is 1.41. The number of hydrogen-bond donors (Lipinski definition) is 2. The van der Waals surface area contributed by atoms with Gasteiger partial charge in [-0.05, 0) is 42.9 Å². The van der Waals surface area contributed by atoms with Crippen LogP contribution >= 0.6 is 0 Å². The van der Waals surface area contributed by atoms with Gasteiger partial charge in [-0.25, -0.2) is 4.98 Å². The van der Waals surface area contributed by atoms with E-state index in [2.05, 4.69) is 30.3 Å². The first kappa shape index (κ1) is 15.3. The van der Waals surface area contributed by atoms with E-state index in [4.69, 9.17) is 0 Å². The lowest BCUT2D eigenvalue weighted by Gasteiger charge is -2.23. The summed E-state index contributed by atoms with van der Waals surface area (Å²) in [5, 5.41) is 25.8. The maximum absolute atomic E-state index is 10.4. The van der Waals surface area contributed by atoms with Crippen LogP contribution in [0.4, 0.5) is 5.95 Å². The lowest BCUT2D eigenvalue weighted by Crippen LogP contribution is -2.31. The number of aromatic nitrogens is 5. The lowest BCUT2D eigenvalue weighted by molar-refractivity contribution is 0.477. The molecule has 7 nitrogen and oxygen atoms in total. The molecule has 0 unspecified atom stereocenters. The van der Waals surface area contributed by atoms with Crippen molar-refractivity contribution < 1.29 is 5.11 Å². The van der Waals surface area contributed by atoms with E-state index in [9.17, 15) is 5.11 Å². The lowest BCUT2D eigenvalue weighted by atomic mass is 10.0. The van der Waals surface area contributed by atoms with Crippen LogP contribution in [-0.4, -0.2) is 43.1 Å². The van der Waals surface area contributed by atoms with Crippen LogP contribution < -0.4 is 4.90 Å². The van der Waals surface area contributed by atoms with E-state index < -0.39 is 0 Å². The van der Waals surface area contributed by atoms with Crippen LogP contribution in [0.15, 0.2) is 36.8 Å². The minimum atomic E-state index is 0.157. The Morgan fingerprint density at radius 3 is 2.81 bits per heavy atom. The molecular weight excluding hydrogens is 328 g/mol. The number of benzene rings is 1. The first-order valence-corrected chi connectivity index (χ1v) is 9.08. The van der Waals surface area contributed by atoms with Crippen LogP contribution in [-0.2, 0) is 0 Å². The molecule has 2 aromatic heterocycles. The van der Waals surface area contributed by atoms with Crippen molar-refractivity contribution in [2.24, 2.45) is 5.92 Å². The third-order valence-corrected chi connectivity index (χ3v) is 5.67. The number of phenolic OH excluding ortho intramolecular Hbond substituents is 1. The fraction of sp³-hybridized carbons (Fsp3) is 0.368. The Labute approximate surface area is 151 Å². The number of phenols is 1. The highest BCUT2D eigenvalue weighted by molar-refractivity contribution is 5.73. The van der Waals surface area contributed by atoms with Gasteiger partial charge in [-0.3, -0.25) is 5.10 Å². The molecule has 1 aromatic carbocycles. The van der Waals surface area contributed by atoms with Crippen molar-refractivity contribution in [3.8, 4) is 28.1 Å². The van der Waals surface area contributed by atoms with Crippen molar-refractivity contribution in [3.05, 3.63) is 36.8 Å². The van der Waals surface area contributed by atoms with Gasteiger partial charge in [0.1, 0.15) is 11.4 Å². The summed E-state index contributed by atoms with van der Waals surface area (Å²) in [5.74, 6) is 1.65. The van der Waals surface area contributed by atoms with E-state index in [0.29, 0.717) is 23.2 Å². The number of H-pyrrole nitrogens is 1. The topological polar surface area (TPSA) is 90.8 Å². The molecule has 2 atom stereocenters. The molecule has 7 heteroatoms. The van der Waals surface area contributed by atoms with Gasteiger partial charge in [-0.15, -0.1) is 10.2 Å². The van der Waals surface area contributed by atoms with Gasteiger partial charge in [0.2, 0.25) is 5.95 Å². The van der Waals surface area contributed by atoms with Gasteiger partial charge >= 0.3 is 0 Å². The van der Waals surface area contributed by atoms with Gasteiger partial charge in [-0.1, -0.05) is 12.5 Å². The van der Waals surface area contributed by atoms with E-state index in [1.807, 2.05) is 12.1 Å². The molecule has 3 aromatic rings. The minimum absolute atomic E-state index is 0.157. The van der Waals surface area contributed by atoms with Crippen molar-refractivity contribution in [2.75, 3.05) is 11.4 Å². The van der Waals surface area contributed by atoms with Crippen LogP contribution in [0.3, 0.4) is 0 Å². The smallest absolute Gasteiger partial charge is 0.245 e. The predicted octanol–water partition coefficient (Wildman–Crippen LogP) is 3.01. The van der Waals surface area contributed by atoms with Crippen LogP contribution in [0.5, 0.6) is 5.75 Å². The van der Waals surface area contributed by atoms with E-state index >= 15 is 0 Å². The van der Waals surface area contributed by atoms with Crippen molar-refractivity contribution in [1.82, 2.24) is 25.4 Å². The Kier molecular flexibility index (Phi) is 3.58. The molecule has 0 spiro atoms. The van der Waals surface area contributed by atoms with E-state index in [0.717, 1.165) is 23.6 Å². The summed E-state index contributed by atoms with van der Waals surface area (Å²) in [7, 11) is 0. The third kappa shape index (κ3) is 2.51. The molecule has 1 saturated heterocycles. The van der Waals surface area contributed by atoms with Crippen LogP contribution in [0, 0.1) is 5.92 Å². The van der Waals surface area contributed by atoms with Gasteiger partial charge in [0, 0.05) is 29.9 Å². The zero-order valence-corrected chi connectivity index (χ0v) is 14.3. The molecule has 1 aliphatic heterocycles. The highest BCUT2D eigenvalue weighted by Gasteiger charge is 2.38. The summed E-state index contributed by atoms with van der Waals surface area (Å²) in [6, 6.07) is 6.05. The minimum Gasteiger partial charge on any atom is -0.507 e. The van der Waals surface area contributed by atoms with E-state index in [1.54, 1.807) is 24.7 Å². The summed E-state index contributed by atoms with van der Waals surface area (Å²) in [6.45, 7) is 1.01. The normalized spacial score (nSPS) is 21.9. The number of aromatic hydroxyl groups is 1. The summed E-state index contributed by atoms with van der Waals surface area (Å²) in [5.41, 5.74) is 3.02. The highest BCUT2D eigenvalue weighted by atomic mass is 16.3. The number of anilines is 1. The molecule has 26 heavy (non-hydrogen) atoms. The second-order valence-corrected chi connectivity index (χ2v) is 7.10. The fourth-order valence-corrected chi connectivity index (χ4v) is 4.34. The summed E-state index contributed by atoms with van der Waals surface area (Å²) < 4.78 is 0. The molecular formula is C19H20N6O. The number of rotatable bonds is 3. The van der Waals surface area contributed by atoms with Crippen molar-refractivity contribution in [2.45, 2.75) is 31.7 Å². The molecule has 5 rings (SSSR count). The molecule has 1 aliphatic carbocycles. The van der Waals surface area contributed by atoms with Crippen LogP contribution in [0.25, 0.3) is 22.4 Å². The monoisotopic (exact) mass is 348 g/mol. The predicted molar refractivity (Wildman–Crippen MR) is 97.6 cm³/mol. The van der Waals surface area contributed by atoms with Crippen molar-refractivity contribution >= 4 is 5.95 Å². The molecule has 2 aliphatic rings. The Bertz CT molecular complexity index is 908. The average Bonchev–Trinajstić information content (AvgIpc) is 3.40. The molecule has 2 fully saturated rings. The SMILES string of the molecule is Oc1cc(-c2cn[nH]c2)ccc1-c1cnc(N2CC[C@H]3CCC[C@@H]32)nn1. The molecule has 2 N–H and O–H groups in total. The Morgan fingerprint density at radius 2 is 2.04 bits per heavy atom. The average molecular weight is 348 g/mol. The Hall–Kier alpha value is -2.96. The van der Waals surface area contributed by atoms with Crippen molar-refractivity contribution in [3.63, 3.8) is 0 Å². The Morgan fingerprint density at radius 1 is 1.08 bits per heavy atom. The third-order valence-electron chi connectivity index (χ3n) is 5.67. The standard InChI is InChI=1S/C19H20N6O/c26-18-8-13(14-9-21-22-10-14)4-5-15(18)16-11-20-19(24-23-16)25-7-6-12-2-1-3-17(12)25/h4-5,8-12,17,26H,1-3,6-7H2,(H,21,22)/t12-,17+/m1/s1. The summed E-state index contributed by atoms with van der Waals surface area (Å²) >= 11 is 0. The fourth-order valence-electron chi connectivity index (χ4n) is 4.34. The first-order chi connectivity index (χ1) is 12.8. The summed E-state index contributed by atoms with van der Waals surface area (Å²) in [4.78, 5) is 6.84. The molecule has 0 amide bonds. The number of nitrogens with one attached hydrogen (secondary N) is 1. The van der Waals surface area contributed by atoms with Gasteiger partial charge < -0.3 is 10.0 Å². The van der Waals surface area contributed by atoms with E-state index in [1.165, 1.54) is 25.7 Å². The summed E-state index contributed by atoms with van der Waals surface area (Å²) in [6.07, 6.45) is 10.3. The zero-order chi connectivity index (χ0) is 17.5. The number of nitrogens with zero attached hydrogens (tertiary/aromatic N) is 5. The molecule has 1 saturated carbocycles. The molecule has 3 heterocycles. The number of hydrogen-bond acceptors (Lipinski definition) is 6. The zero-order valence-electron chi connectivity index (χ0n) is 14.3. The number of fused-ring (bicyclic) bond motifs is 1. The van der Waals surface area contributed by atoms with Gasteiger partial charge in [-0.2, -0.15) is 5.10 Å². The maximum atomic E-state index is 10.4.